The van der Waals surface area contributed by atoms with E-state index in [1.165, 1.54) is 0 Å². The zero-order valence-electron chi connectivity index (χ0n) is 16.4. The van der Waals surface area contributed by atoms with Gasteiger partial charge in [0.1, 0.15) is 11.3 Å². The van der Waals surface area contributed by atoms with Gasteiger partial charge in [0.2, 0.25) is 0 Å². The van der Waals surface area contributed by atoms with Crippen LogP contribution < -0.4 is 0 Å². The first-order valence-corrected chi connectivity index (χ1v) is 10.0. The summed E-state index contributed by atoms with van der Waals surface area (Å²) in [6.07, 6.45) is 5.74. The average Bonchev–Trinajstić information content (AvgIpc) is 3.42. The summed E-state index contributed by atoms with van der Waals surface area (Å²) in [4.78, 5) is 19.7. The van der Waals surface area contributed by atoms with Gasteiger partial charge in [0.05, 0.1) is 6.20 Å². The summed E-state index contributed by atoms with van der Waals surface area (Å²) >= 11 is 0. The zero-order valence-corrected chi connectivity index (χ0v) is 16.4. The molecule has 0 spiro atoms. The smallest absolute Gasteiger partial charge is 0.274 e. The maximum absolute atomic E-state index is 13.2. The summed E-state index contributed by atoms with van der Waals surface area (Å²) in [5, 5.41) is 7.49. The minimum atomic E-state index is -0.00132. The highest BCUT2D eigenvalue weighted by molar-refractivity contribution is 5.93. The topological polar surface area (TPSA) is 66.3 Å². The lowest BCUT2D eigenvalue weighted by Crippen LogP contribution is -2.39. The number of nitrogens with one attached hydrogen (secondary N) is 1. The van der Waals surface area contributed by atoms with E-state index in [2.05, 4.69) is 27.3 Å². The Morgan fingerprint density at radius 1 is 1.14 bits per heavy atom. The zero-order chi connectivity index (χ0) is 19.8. The fraction of sp³-hybridized carbons (Fsp3) is 0.261. The van der Waals surface area contributed by atoms with Crippen LogP contribution in [-0.2, 0) is 0 Å². The molecule has 1 atom stereocenters. The molecule has 29 heavy (non-hydrogen) atoms. The highest BCUT2D eigenvalue weighted by atomic mass is 16.2. The molecular weight excluding hydrogens is 362 g/mol. The van der Waals surface area contributed by atoms with Crippen molar-refractivity contribution < 1.29 is 4.79 Å². The van der Waals surface area contributed by atoms with Gasteiger partial charge in [-0.1, -0.05) is 36.4 Å². The molecule has 1 aromatic carbocycles. The van der Waals surface area contributed by atoms with Crippen LogP contribution in [0.15, 0.2) is 60.9 Å². The number of aryl methyl sites for hydroxylation is 1. The van der Waals surface area contributed by atoms with E-state index in [4.69, 9.17) is 0 Å². The molecule has 6 heteroatoms. The van der Waals surface area contributed by atoms with Crippen LogP contribution in [0.25, 0.3) is 16.8 Å². The summed E-state index contributed by atoms with van der Waals surface area (Å²) in [5.74, 6) is 0.239. The second kappa shape index (κ2) is 7.20. The van der Waals surface area contributed by atoms with Gasteiger partial charge in [0.15, 0.2) is 0 Å². The second-order valence-electron chi connectivity index (χ2n) is 7.68. The molecule has 1 fully saturated rings. The predicted octanol–water partition coefficient (Wildman–Crippen LogP) is 4.05. The Kier molecular flexibility index (Phi) is 4.39. The van der Waals surface area contributed by atoms with Gasteiger partial charge in [-0.25, -0.2) is 4.98 Å². The Bertz CT molecular complexity index is 1160. The number of carbonyl (C=O) groups is 1. The van der Waals surface area contributed by atoms with Crippen LogP contribution in [0.1, 0.15) is 40.6 Å². The quantitative estimate of drug-likeness (QED) is 0.578. The highest BCUT2D eigenvalue weighted by Crippen LogP contribution is 2.33. The number of aromatic nitrogens is 4. The predicted molar refractivity (Wildman–Crippen MR) is 112 cm³/mol. The molecule has 5 rings (SSSR count). The van der Waals surface area contributed by atoms with Crippen molar-refractivity contribution in [3.8, 4) is 11.1 Å². The molecule has 0 unspecified atom stereocenters. The molecule has 1 aliphatic heterocycles. The van der Waals surface area contributed by atoms with Gasteiger partial charge in [-0.2, -0.15) is 5.10 Å². The third-order valence-electron chi connectivity index (χ3n) is 5.79. The van der Waals surface area contributed by atoms with E-state index in [1.54, 1.807) is 0 Å². The van der Waals surface area contributed by atoms with E-state index in [9.17, 15) is 4.79 Å². The Morgan fingerprint density at radius 3 is 2.83 bits per heavy atom. The van der Waals surface area contributed by atoms with Gasteiger partial charge < -0.3 is 9.30 Å². The lowest BCUT2D eigenvalue weighted by atomic mass is 9.90. The second-order valence-corrected chi connectivity index (χ2v) is 7.68. The van der Waals surface area contributed by atoms with Gasteiger partial charge in [-0.05, 0) is 37.5 Å². The number of carbonyl (C=O) groups excluding carboxylic acids is 1. The van der Waals surface area contributed by atoms with Crippen LogP contribution in [0.2, 0.25) is 0 Å². The lowest BCUT2D eigenvalue weighted by molar-refractivity contribution is 0.0700. The molecule has 0 saturated carbocycles. The summed E-state index contributed by atoms with van der Waals surface area (Å²) in [6, 6.07) is 16.2. The van der Waals surface area contributed by atoms with E-state index < -0.39 is 0 Å². The third-order valence-corrected chi connectivity index (χ3v) is 5.79. The number of fused-ring (bicyclic) bond motifs is 1. The van der Waals surface area contributed by atoms with Crippen molar-refractivity contribution in [1.82, 2.24) is 24.5 Å². The van der Waals surface area contributed by atoms with E-state index in [1.807, 2.05) is 65.0 Å². The molecule has 1 aliphatic rings. The number of rotatable bonds is 3. The molecule has 0 bridgehead atoms. The van der Waals surface area contributed by atoms with Crippen molar-refractivity contribution >= 4 is 11.6 Å². The van der Waals surface area contributed by atoms with Crippen LogP contribution in [0, 0.1) is 6.92 Å². The van der Waals surface area contributed by atoms with Crippen molar-refractivity contribution in [2.75, 3.05) is 13.1 Å². The first-order chi connectivity index (χ1) is 14.2. The van der Waals surface area contributed by atoms with Crippen molar-refractivity contribution in [3.05, 3.63) is 78.0 Å². The summed E-state index contributed by atoms with van der Waals surface area (Å²) in [7, 11) is 0. The molecular formula is C23H23N5O. The number of aromatic amines is 1. The number of H-pyrrole nitrogens is 1. The molecule has 3 aromatic heterocycles. The maximum Gasteiger partial charge on any atom is 0.274 e. The molecule has 4 aromatic rings. The number of hydrogen-bond acceptors (Lipinski definition) is 3. The van der Waals surface area contributed by atoms with Crippen LogP contribution in [0.4, 0.5) is 0 Å². The summed E-state index contributed by atoms with van der Waals surface area (Å²) in [5.41, 5.74) is 5.76. The van der Waals surface area contributed by atoms with Gasteiger partial charge in [-0.3, -0.25) is 9.89 Å². The SMILES string of the molecule is Cc1cccc2nc(C(=O)N3CCC[C@@H](c4[nH]ncc4-c4ccccc4)C3)cn12. The Morgan fingerprint density at radius 2 is 2.00 bits per heavy atom. The Hall–Kier alpha value is -3.41. The van der Waals surface area contributed by atoms with Crippen molar-refractivity contribution in [2.45, 2.75) is 25.7 Å². The number of nitrogens with zero attached hydrogens (tertiary/aromatic N) is 4. The van der Waals surface area contributed by atoms with E-state index >= 15 is 0 Å². The fourth-order valence-corrected chi connectivity index (χ4v) is 4.27. The van der Waals surface area contributed by atoms with Crippen molar-refractivity contribution in [1.29, 1.82) is 0 Å². The monoisotopic (exact) mass is 385 g/mol. The Balaban J connectivity index is 1.40. The normalized spacial score (nSPS) is 17.0. The number of likely N-dealkylation sites (tertiary alicyclic amines) is 1. The van der Waals surface area contributed by atoms with Crippen LogP contribution in [0.5, 0.6) is 0 Å². The van der Waals surface area contributed by atoms with E-state index in [0.717, 1.165) is 47.5 Å². The number of imidazole rings is 1. The first-order valence-electron chi connectivity index (χ1n) is 10.0. The highest BCUT2D eigenvalue weighted by Gasteiger charge is 2.29. The standard InChI is InChI=1S/C23H23N5O/c1-16-7-5-11-21-25-20(15-28(16)21)23(29)27-12-6-10-18(14-27)22-19(13-24-26-22)17-8-3-2-4-9-17/h2-5,7-9,11,13,15,18H,6,10,12,14H2,1H3,(H,24,26)/t18-/m1/s1. The lowest BCUT2D eigenvalue weighted by Gasteiger charge is -2.32. The first kappa shape index (κ1) is 17.7. The molecule has 6 nitrogen and oxygen atoms in total. The van der Waals surface area contributed by atoms with Gasteiger partial charge in [0.25, 0.3) is 5.91 Å². The van der Waals surface area contributed by atoms with Crippen molar-refractivity contribution in [3.63, 3.8) is 0 Å². The van der Waals surface area contributed by atoms with E-state index in [0.29, 0.717) is 12.2 Å². The molecule has 1 saturated heterocycles. The minimum Gasteiger partial charge on any atom is -0.337 e. The largest absolute Gasteiger partial charge is 0.337 e. The molecule has 146 valence electrons. The number of piperidine rings is 1. The number of hydrogen-bond donors (Lipinski definition) is 1. The van der Waals surface area contributed by atoms with Gasteiger partial charge in [0, 0.05) is 42.2 Å². The maximum atomic E-state index is 13.2. The third kappa shape index (κ3) is 3.20. The van der Waals surface area contributed by atoms with Gasteiger partial charge in [-0.15, -0.1) is 0 Å². The Labute approximate surface area is 169 Å². The van der Waals surface area contributed by atoms with Crippen molar-refractivity contribution in [2.24, 2.45) is 0 Å². The van der Waals surface area contributed by atoms with Gasteiger partial charge >= 0.3 is 0 Å². The summed E-state index contributed by atoms with van der Waals surface area (Å²) < 4.78 is 1.97. The average molecular weight is 385 g/mol. The molecule has 0 radical (unpaired) electrons. The molecule has 1 amide bonds. The van der Waals surface area contributed by atoms with Crippen LogP contribution in [-0.4, -0.2) is 43.5 Å². The number of benzene rings is 1. The molecule has 4 heterocycles. The van der Waals surface area contributed by atoms with Crippen LogP contribution in [0.3, 0.4) is 0 Å². The molecule has 0 aliphatic carbocycles. The molecule has 1 N–H and O–H groups in total. The minimum absolute atomic E-state index is 0.00132. The van der Waals surface area contributed by atoms with E-state index in [-0.39, 0.29) is 11.8 Å². The fourth-order valence-electron chi connectivity index (χ4n) is 4.27. The number of pyridine rings is 1. The number of amides is 1. The summed E-state index contributed by atoms with van der Waals surface area (Å²) in [6.45, 7) is 3.45. The van der Waals surface area contributed by atoms with Crippen LogP contribution >= 0.6 is 0 Å².